The first-order valence-corrected chi connectivity index (χ1v) is 8.01. The molecule has 5 heteroatoms. The van der Waals surface area contributed by atoms with E-state index in [0.717, 1.165) is 28.2 Å². The summed E-state index contributed by atoms with van der Waals surface area (Å²) in [7, 11) is 0. The van der Waals surface area contributed by atoms with Crippen LogP contribution in [0, 0.1) is 13.8 Å². The van der Waals surface area contributed by atoms with Gasteiger partial charge in [-0.25, -0.2) is 0 Å². The van der Waals surface area contributed by atoms with E-state index in [4.69, 9.17) is 0 Å². The van der Waals surface area contributed by atoms with E-state index in [0.29, 0.717) is 0 Å². The zero-order valence-electron chi connectivity index (χ0n) is 14.1. The molecule has 2 aromatic rings. The quantitative estimate of drug-likeness (QED) is 0.912. The van der Waals surface area contributed by atoms with Crippen LogP contribution in [0.4, 0.5) is 17.1 Å². The summed E-state index contributed by atoms with van der Waals surface area (Å²) < 4.78 is 0. The molecule has 5 nitrogen and oxygen atoms in total. The Morgan fingerprint density at radius 2 is 1.92 bits per heavy atom. The number of nitrogens with one attached hydrogen (secondary N) is 2. The van der Waals surface area contributed by atoms with Crippen molar-refractivity contribution in [1.29, 1.82) is 0 Å². The molecule has 0 radical (unpaired) electrons. The number of hydrogen-bond acceptors (Lipinski definition) is 3. The number of carbonyl (C=O) groups is 2. The van der Waals surface area contributed by atoms with Gasteiger partial charge in [0.1, 0.15) is 6.04 Å². The number of aryl methyl sites for hydroxylation is 1. The van der Waals surface area contributed by atoms with Crippen LogP contribution >= 0.6 is 0 Å². The summed E-state index contributed by atoms with van der Waals surface area (Å²) in [6.07, 6.45) is 0. The standard InChI is InChI=1S/C19H21N3O2/c1-12-7-6-9-15(13(12)2)21-19(24)14(3)22-17-10-5-4-8-16(17)20-11-18(22)23/h4-10,14,20H,11H2,1-3H3,(H,21,24). The van der Waals surface area contributed by atoms with E-state index < -0.39 is 6.04 Å². The Bertz CT molecular complexity index is 801. The van der Waals surface area contributed by atoms with E-state index in [-0.39, 0.29) is 18.4 Å². The van der Waals surface area contributed by atoms with Gasteiger partial charge in [0.25, 0.3) is 0 Å². The fourth-order valence-corrected chi connectivity index (χ4v) is 2.89. The Labute approximate surface area is 141 Å². The number of amides is 2. The molecule has 0 fully saturated rings. The minimum atomic E-state index is -0.597. The molecular weight excluding hydrogens is 302 g/mol. The third kappa shape index (κ3) is 2.85. The first-order chi connectivity index (χ1) is 11.5. The number of anilines is 3. The summed E-state index contributed by atoms with van der Waals surface area (Å²) >= 11 is 0. The van der Waals surface area contributed by atoms with Crippen molar-refractivity contribution in [3.8, 4) is 0 Å². The zero-order chi connectivity index (χ0) is 17.3. The van der Waals surface area contributed by atoms with Gasteiger partial charge in [-0.3, -0.25) is 14.5 Å². The molecule has 0 saturated heterocycles. The molecule has 0 bridgehead atoms. The van der Waals surface area contributed by atoms with Crippen molar-refractivity contribution in [2.45, 2.75) is 26.8 Å². The predicted octanol–water partition coefficient (Wildman–Crippen LogP) is 3.09. The smallest absolute Gasteiger partial charge is 0.247 e. The first-order valence-electron chi connectivity index (χ1n) is 8.01. The first kappa shape index (κ1) is 16.1. The van der Waals surface area contributed by atoms with E-state index in [1.807, 2.05) is 56.3 Å². The summed E-state index contributed by atoms with van der Waals surface area (Å²) in [5.74, 6) is -0.314. The summed E-state index contributed by atoms with van der Waals surface area (Å²) in [6.45, 7) is 5.92. The van der Waals surface area contributed by atoms with Gasteiger partial charge >= 0.3 is 0 Å². The summed E-state index contributed by atoms with van der Waals surface area (Å²) in [6, 6.07) is 12.7. The average molecular weight is 323 g/mol. The Morgan fingerprint density at radius 3 is 2.71 bits per heavy atom. The molecule has 1 aliphatic rings. The largest absolute Gasteiger partial charge is 0.374 e. The predicted molar refractivity (Wildman–Crippen MR) is 96.4 cm³/mol. The maximum absolute atomic E-state index is 12.7. The SMILES string of the molecule is Cc1cccc(NC(=O)C(C)N2C(=O)CNc3ccccc32)c1C. The van der Waals surface area contributed by atoms with E-state index in [9.17, 15) is 9.59 Å². The number of para-hydroxylation sites is 2. The lowest BCUT2D eigenvalue weighted by Gasteiger charge is -2.34. The van der Waals surface area contributed by atoms with Crippen LogP contribution in [-0.2, 0) is 9.59 Å². The normalized spacial score (nSPS) is 14.6. The fourth-order valence-electron chi connectivity index (χ4n) is 2.89. The lowest BCUT2D eigenvalue weighted by atomic mass is 10.1. The van der Waals surface area contributed by atoms with Crippen LogP contribution in [0.5, 0.6) is 0 Å². The van der Waals surface area contributed by atoms with Crippen molar-refractivity contribution in [3.63, 3.8) is 0 Å². The Balaban J connectivity index is 1.86. The molecule has 1 aliphatic heterocycles. The van der Waals surface area contributed by atoms with Crippen LogP contribution in [0.3, 0.4) is 0 Å². The Morgan fingerprint density at radius 1 is 1.17 bits per heavy atom. The van der Waals surface area contributed by atoms with Gasteiger partial charge in [0.2, 0.25) is 11.8 Å². The highest BCUT2D eigenvalue weighted by atomic mass is 16.2. The van der Waals surface area contributed by atoms with Crippen LogP contribution in [0.1, 0.15) is 18.1 Å². The molecular formula is C19H21N3O2. The van der Waals surface area contributed by atoms with Crippen molar-refractivity contribution in [1.82, 2.24) is 0 Å². The molecule has 2 amide bonds. The highest BCUT2D eigenvalue weighted by Crippen LogP contribution is 2.31. The molecule has 124 valence electrons. The Hall–Kier alpha value is -2.82. The maximum Gasteiger partial charge on any atom is 0.247 e. The monoisotopic (exact) mass is 323 g/mol. The molecule has 0 spiro atoms. The van der Waals surface area contributed by atoms with Crippen LogP contribution in [0.15, 0.2) is 42.5 Å². The van der Waals surface area contributed by atoms with E-state index in [2.05, 4.69) is 10.6 Å². The van der Waals surface area contributed by atoms with Gasteiger partial charge in [-0.15, -0.1) is 0 Å². The van der Waals surface area contributed by atoms with Gasteiger partial charge in [-0.05, 0) is 50.1 Å². The molecule has 3 rings (SSSR count). The van der Waals surface area contributed by atoms with E-state index >= 15 is 0 Å². The highest BCUT2D eigenvalue weighted by Gasteiger charge is 2.31. The fraction of sp³-hybridized carbons (Fsp3) is 0.263. The minimum absolute atomic E-state index is 0.114. The van der Waals surface area contributed by atoms with Gasteiger partial charge in [-0.1, -0.05) is 24.3 Å². The third-order valence-electron chi connectivity index (χ3n) is 4.49. The van der Waals surface area contributed by atoms with Crippen LogP contribution < -0.4 is 15.5 Å². The lowest BCUT2D eigenvalue weighted by Crippen LogP contribution is -2.50. The molecule has 24 heavy (non-hydrogen) atoms. The number of benzene rings is 2. The lowest BCUT2D eigenvalue weighted by molar-refractivity contribution is -0.122. The van der Waals surface area contributed by atoms with Crippen LogP contribution in [0.2, 0.25) is 0 Å². The summed E-state index contributed by atoms with van der Waals surface area (Å²) in [4.78, 5) is 26.6. The molecule has 0 aromatic heterocycles. The zero-order valence-corrected chi connectivity index (χ0v) is 14.1. The number of rotatable bonds is 3. The van der Waals surface area contributed by atoms with E-state index in [1.54, 1.807) is 11.8 Å². The minimum Gasteiger partial charge on any atom is -0.374 e. The van der Waals surface area contributed by atoms with Crippen LogP contribution in [-0.4, -0.2) is 24.4 Å². The topological polar surface area (TPSA) is 61.4 Å². The van der Waals surface area contributed by atoms with E-state index in [1.165, 1.54) is 0 Å². The molecule has 1 unspecified atom stereocenters. The van der Waals surface area contributed by atoms with Gasteiger partial charge in [-0.2, -0.15) is 0 Å². The highest BCUT2D eigenvalue weighted by molar-refractivity contribution is 6.09. The summed E-state index contributed by atoms with van der Waals surface area (Å²) in [5.41, 5.74) is 4.53. The number of fused-ring (bicyclic) bond motifs is 1. The second kappa shape index (κ2) is 6.35. The third-order valence-corrected chi connectivity index (χ3v) is 4.49. The van der Waals surface area contributed by atoms with Crippen molar-refractivity contribution in [3.05, 3.63) is 53.6 Å². The second-order valence-electron chi connectivity index (χ2n) is 6.05. The maximum atomic E-state index is 12.7. The molecule has 1 heterocycles. The van der Waals surface area contributed by atoms with Crippen molar-refractivity contribution >= 4 is 28.9 Å². The van der Waals surface area contributed by atoms with Gasteiger partial charge in [0.15, 0.2) is 0 Å². The number of hydrogen-bond donors (Lipinski definition) is 2. The van der Waals surface area contributed by atoms with Crippen molar-refractivity contribution in [2.24, 2.45) is 0 Å². The second-order valence-corrected chi connectivity index (χ2v) is 6.05. The van der Waals surface area contributed by atoms with Gasteiger partial charge < -0.3 is 10.6 Å². The molecule has 0 aliphatic carbocycles. The van der Waals surface area contributed by atoms with Crippen molar-refractivity contribution in [2.75, 3.05) is 22.1 Å². The molecule has 0 saturated carbocycles. The number of carbonyl (C=O) groups excluding carboxylic acids is 2. The van der Waals surface area contributed by atoms with Gasteiger partial charge in [0, 0.05) is 5.69 Å². The molecule has 2 aromatic carbocycles. The molecule has 2 N–H and O–H groups in total. The average Bonchev–Trinajstić information content (AvgIpc) is 2.58. The summed E-state index contributed by atoms with van der Waals surface area (Å²) in [5, 5.41) is 6.03. The Kier molecular flexibility index (Phi) is 4.25. The number of nitrogens with zero attached hydrogens (tertiary/aromatic N) is 1. The van der Waals surface area contributed by atoms with Gasteiger partial charge in [0.05, 0.1) is 17.9 Å². The van der Waals surface area contributed by atoms with Crippen molar-refractivity contribution < 1.29 is 9.59 Å². The molecule has 1 atom stereocenters. The van der Waals surface area contributed by atoms with Crippen LogP contribution in [0.25, 0.3) is 0 Å².